The highest BCUT2D eigenvalue weighted by Crippen LogP contribution is 2.58. The molecule has 3 N–H and O–H groups in total. The summed E-state index contributed by atoms with van der Waals surface area (Å²) >= 11 is 0. The first kappa shape index (κ1) is 26.2. The molecule has 2 aliphatic heterocycles. The van der Waals surface area contributed by atoms with Crippen LogP contribution in [0.25, 0.3) is 0 Å². The Morgan fingerprint density at radius 1 is 1.25 bits per heavy atom. The minimum Gasteiger partial charge on any atom is -0.453 e. The predicted molar refractivity (Wildman–Crippen MR) is 126 cm³/mol. The van der Waals surface area contributed by atoms with Gasteiger partial charge in [-0.3, -0.25) is 14.4 Å². The molecule has 0 radical (unpaired) electrons. The molecule has 2 aliphatic carbocycles. The maximum absolute atomic E-state index is 14.8. The largest absolute Gasteiger partial charge is 0.453 e. The van der Waals surface area contributed by atoms with Gasteiger partial charge in [0.1, 0.15) is 24.3 Å². The average molecular weight is 506 g/mol. The SMILES string of the molecule is COC(=O)NC(C(=O)N1CC2C3CC(F)[C@@H](C3)C2C1C(=O)NC(C#N)CC1CCNC1=O)C(C)(C)C. The van der Waals surface area contributed by atoms with E-state index in [0.29, 0.717) is 32.4 Å². The molecule has 198 valence electrons. The van der Waals surface area contributed by atoms with Crippen molar-refractivity contribution in [3.8, 4) is 6.07 Å². The molecular weight excluding hydrogens is 469 g/mol. The van der Waals surface area contributed by atoms with Gasteiger partial charge >= 0.3 is 6.09 Å². The second-order valence-electron chi connectivity index (χ2n) is 11.7. The van der Waals surface area contributed by atoms with Crippen LogP contribution in [0.1, 0.15) is 46.5 Å². The third kappa shape index (κ3) is 4.74. The number of alkyl carbamates (subject to hydrolysis) is 1. The number of alkyl halides is 1. The van der Waals surface area contributed by atoms with Gasteiger partial charge in [-0.15, -0.1) is 0 Å². The Labute approximate surface area is 210 Å². The van der Waals surface area contributed by atoms with Gasteiger partial charge in [0.25, 0.3) is 0 Å². The van der Waals surface area contributed by atoms with Crippen LogP contribution in [0.4, 0.5) is 9.18 Å². The van der Waals surface area contributed by atoms with E-state index in [4.69, 9.17) is 4.74 Å². The minimum atomic E-state index is -1.03. The van der Waals surface area contributed by atoms with Crippen LogP contribution in [-0.2, 0) is 19.1 Å². The molecule has 4 fully saturated rings. The van der Waals surface area contributed by atoms with Crippen LogP contribution in [0.3, 0.4) is 0 Å². The molecule has 8 unspecified atom stereocenters. The van der Waals surface area contributed by atoms with Crippen molar-refractivity contribution in [1.29, 1.82) is 5.26 Å². The second kappa shape index (κ2) is 9.87. The van der Waals surface area contributed by atoms with Crippen molar-refractivity contribution in [2.75, 3.05) is 20.2 Å². The van der Waals surface area contributed by atoms with Gasteiger partial charge in [-0.05, 0) is 54.8 Å². The number of hydrogen-bond acceptors (Lipinski definition) is 6. The molecule has 9 atom stereocenters. The molecule has 4 rings (SSSR count). The van der Waals surface area contributed by atoms with Crippen molar-refractivity contribution < 1.29 is 28.3 Å². The number of hydrogen-bond donors (Lipinski definition) is 3. The molecule has 2 heterocycles. The lowest BCUT2D eigenvalue weighted by Gasteiger charge is -2.37. The molecule has 10 nitrogen and oxygen atoms in total. The number of likely N-dealkylation sites (tertiary alicyclic amines) is 1. The van der Waals surface area contributed by atoms with Gasteiger partial charge in [0.05, 0.1) is 13.2 Å². The molecule has 0 aromatic heterocycles. The van der Waals surface area contributed by atoms with E-state index >= 15 is 0 Å². The lowest BCUT2D eigenvalue weighted by atomic mass is 9.77. The van der Waals surface area contributed by atoms with Gasteiger partial charge in [0.2, 0.25) is 17.7 Å². The number of rotatable bonds is 6. The fourth-order valence-corrected chi connectivity index (χ4v) is 6.81. The summed E-state index contributed by atoms with van der Waals surface area (Å²) in [6, 6.07) is -0.757. The highest BCUT2D eigenvalue weighted by atomic mass is 19.1. The van der Waals surface area contributed by atoms with Gasteiger partial charge < -0.3 is 25.6 Å². The summed E-state index contributed by atoms with van der Waals surface area (Å²) in [5.41, 5.74) is -0.684. The Balaban J connectivity index is 1.59. The maximum Gasteiger partial charge on any atom is 0.407 e. The smallest absolute Gasteiger partial charge is 0.407 e. The van der Waals surface area contributed by atoms with E-state index in [1.54, 1.807) is 20.8 Å². The van der Waals surface area contributed by atoms with Crippen LogP contribution < -0.4 is 16.0 Å². The number of carbonyl (C=O) groups excluding carboxylic acids is 4. The van der Waals surface area contributed by atoms with Crippen molar-refractivity contribution in [3.63, 3.8) is 0 Å². The summed E-state index contributed by atoms with van der Waals surface area (Å²) < 4.78 is 19.5. The molecular formula is C25H36FN5O5. The number of nitrogens with one attached hydrogen (secondary N) is 3. The molecule has 0 spiro atoms. The molecule has 2 saturated heterocycles. The monoisotopic (exact) mass is 505 g/mol. The molecule has 0 aromatic carbocycles. The first-order valence-corrected chi connectivity index (χ1v) is 12.7. The van der Waals surface area contributed by atoms with Crippen molar-refractivity contribution in [1.82, 2.24) is 20.9 Å². The first-order chi connectivity index (χ1) is 17.0. The number of amides is 4. The van der Waals surface area contributed by atoms with E-state index in [9.17, 15) is 28.8 Å². The van der Waals surface area contributed by atoms with Crippen LogP contribution in [0.2, 0.25) is 0 Å². The van der Waals surface area contributed by atoms with E-state index < -0.39 is 47.6 Å². The summed E-state index contributed by atoms with van der Waals surface area (Å²) in [5.74, 6) is -2.03. The Kier molecular flexibility index (Phi) is 7.17. The third-order valence-corrected chi connectivity index (χ3v) is 8.54. The standard InChI is InChI=1S/C25H36FN5O5/c1-25(2,3)20(30-24(35)36-4)23(34)31-11-16-13-8-15(17(26)9-13)18(16)19(31)22(33)29-14(10-27)7-12-5-6-28-21(12)32/h12-20H,5-9,11H2,1-4H3,(H,28,32)(H,29,33)(H,30,35)/t12?,13?,14?,15-,16?,17?,18?,19?,20?/m1/s1. The Morgan fingerprint density at radius 2 is 1.97 bits per heavy atom. The van der Waals surface area contributed by atoms with Crippen LogP contribution in [-0.4, -0.2) is 73.2 Å². The van der Waals surface area contributed by atoms with Crippen molar-refractivity contribution in [3.05, 3.63) is 0 Å². The Morgan fingerprint density at radius 3 is 2.56 bits per heavy atom. The maximum atomic E-state index is 14.8. The molecule has 4 aliphatic rings. The summed E-state index contributed by atoms with van der Waals surface area (Å²) in [4.78, 5) is 53.0. The average Bonchev–Trinajstić information content (AvgIpc) is 3.57. The van der Waals surface area contributed by atoms with Crippen molar-refractivity contribution in [2.45, 2.75) is 70.8 Å². The minimum absolute atomic E-state index is 0.0124. The zero-order valence-electron chi connectivity index (χ0n) is 21.3. The number of nitrogens with zero attached hydrogens (tertiary/aromatic N) is 2. The van der Waals surface area contributed by atoms with Crippen LogP contribution >= 0.6 is 0 Å². The number of nitriles is 1. The van der Waals surface area contributed by atoms with Gasteiger partial charge in [0, 0.05) is 19.0 Å². The van der Waals surface area contributed by atoms with E-state index in [0.717, 1.165) is 0 Å². The zero-order valence-corrected chi connectivity index (χ0v) is 21.3. The number of halogens is 1. The quantitative estimate of drug-likeness (QED) is 0.494. The highest BCUT2D eigenvalue weighted by Gasteiger charge is 2.63. The molecule has 2 bridgehead atoms. The van der Waals surface area contributed by atoms with Crippen LogP contribution in [0.5, 0.6) is 0 Å². The zero-order chi connectivity index (χ0) is 26.4. The van der Waals surface area contributed by atoms with E-state index in [2.05, 4.69) is 22.0 Å². The third-order valence-electron chi connectivity index (χ3n) is 8.54. The topological polar surface area (TPSA) is 141 Å². The van der Waals surface area contributed by atoms with Gasteiger partial charge in [-0.2, -0.15) is 5.26 Å². The van der Waals surface area contributed by atoms with Gasteiger partial charge in [-0.1, -0.05) is 20.8 Å². The fourth-order valence-electron chi connectivity index (χ4n) is 6.81. The molecule has 36 heavy (non-hydrogen) atoms. The highest BCUT2D eigenvalue weighted by molar-refractivity contribution is 5.93. The normalized spacial score (nSPS) is 34.4. The van der Waals surface area contributed by atoms with Crippen LogP contribution in [0, 0.1) is 46.3 Å². The predicted octanol–water partition coefficient (Wildman–Crippen LogP) is 1.11. The number of carbonyl (C=O) groups is 4. The van der Waals surface area contributed by atoms with Gasteiger partial charge in [0.15, 0.2) is 0 Å². The first-order valence-electron chi connectivity index (χ1n) is 12.7. The molecule has 4 amide bonds. The summed E-state index contributed by atoms with van der Waals surface area (Å²) in [6.07, 6.45) is 0.104. The molecule has 0 aromatic rings. The van der Waals surface area contributed by atoms with E-state index in [1.165, 1.54) is 12.0 Å². The lowest BCUT2D eigenvalue weighted by Crippen LogP contribution is -2.59. The Bertz CT molecular complexity index is 961. The molecule has 2 saturated carbocycles. The number of ether oxygens (including phenoxy) is 1. The Hall–Kier alpha value is -2.90. The fraction of sp³-hybridized carbons (Fsp3) is 0.800. The van der Waals surface area contributed by atoms with Crippen molar-refractivity contribution >= 4 is 23.8 Å². The van der Waals surface area contributed by atoms with Gasteiger partial charge in [-0.25, -0.2) is 9.18 Å². The van der Waals surface area contributed by atoms with Crippen LogP contribution in [0.15, 0.2) is 0 Å². The summed E-state index contributed by atoms with van der Waals surface area (Å²) in [5, 5.41) is 17.8. The second-order valence-corrected chi connectivity index (χ2v) is 11.7. The summed E-state index contributed by atoms with van der Waals surface area (Å²) in [6.45, 7) is 6.24. The number of methoxy groups -OCH3 is 1. The van der Waals surface area contributed by atoms with Crippen molar-refractivity contribution in [2.24, 2.45) is 35.0 Å². The van der Waals surface area contributed by atoms with E-state index in [-0.39, 0.29) is 41.9 Å². The van der Waals surface area contributed by atoms with E-state index in [1.807, 2.05) is 0 Å². The molecule has 11 heteroatoms. The lowest BCUT2D eigenvalue weighted by molar-refractivity contribution is -0.143. The summed E-state index contributed by atoms with van der Waals surface area (Å²) in [7, 11) is 1.21. The number of fused-ring (bicyclic) bond motifs is 5.